The summed E-state index contributed by atoms with van der Waals surface area (Å²) in [7, 11) is 1.63. The molecule has 6 rings (SSSR count). The molecule has 14 heteroatoms. The van der Waals surface area contributed by atoms with Gasteiger partial charge in [-0.05, 0) is 80.4 Å². The maximum Gasteiger partial charge on any atom is 0.410 e. The summed E-state index contributed by atoms with van der Waals surface area (Å²) in [4.78, 5) is 74.7. The Labute approximate surface area is 366 Å². The summed E-state index contributed by atoms with van der Waals surface area (Å²) in [5.74, 6) is 0.585. The SMILES string of the molecule is CC(C)[C@H](C(=O)N1CCC[C@H]1c1ncc(-c2ccc(-c3ccc(-c4c[nH]c([C@@H]5CCCN5C(=O)[C@H](C(C)C)N(C)C(=O)OC(C)(C)C)n4)cc3)cc2)[nH]1)C(NC(=O)O)C(C)(C)C. The molecule has 334 valence electrons. The van der Waals surface area contributed by atoms with E-state index in [0.29, 0.717) is 13.1 Å². The van der Waals surface area contributed by atoms with E-state index in [9.17, 15) is 24.3 Å². The minimum Gasteiger partial charge on any atom is -0.465 e. The van der Waals surface area contributed by atoms with E-state index in [1.807, 2.05) is 104 Å². The number of aromatic amines is 2. The topological polar surface area (TPSA) is 177 Å². The molecule has 0 bridgehead atoms. The molecule has 2 fully saturated rings. The van der Waals surface area contributed by atoms with E-state index in [0.717, 1.165) is 71.0 Å². The molecule has 4 heterocycles. The number of benzene rings is 2. The van der Waals surface area contributed by atoms with E-state index in [1.165, 1.54) is 4.90 Å². The average molecular weight is 851 g/mol. The molecule has 1 unspecified atom stereocenters. The Bertz CT molecular complexity index is 2200. The van der Waals surface area contributed by atoms with Crippen molar-refractivity contribution in [3.05, 3.63) is 72.6 Å². The predicted molar refractivity (Wildman–Crippen MR) is 240 cm³/mol. The van der Waals surface area contributed by atoms with Gasteiger partial charge >= 0.3 is 12.2 Å². The van der Waals surface area contributed by atoms with Gasteiger partial charge in [-0.15, -0.1) is 0 Å². The molecule has 2 aromatic carbocycles. The summed E-state index contributed by atoms with van der Waals surface area (Å²) in [5, 5.41) is 12.3. The smallest absolute Gasteiger partial charge is 0.410 e. The second-order valence-electron chi connectivity index (χ2n) is 19.7. The second kappa shape index (κ2) is 18.4. The number of amides is 4. The van der Waals surface area contributed by atoms with Crippen molar-refractivity contribution in [2.24, 2.45) is 23.2 Å². The van der Waals surface area contributed by atoms with Crippen LogP contribution >= 0.6 is 0 Å². The molecule has 2 saturated heterocycles. The van der Waals surface area contributed by atoms with Gasteiger partial charge in [-0.1, -0.05) is 97.0 Å². The molecule has 4 N–H and O–H groups in total. The van der Waals surface area contributed by atoms with Crippen molar-refractivity contribution >= 4 is 24.0 Å². The van der Waals surface area contributed by atoms with Gasteiger partial charge < -0.3 is 34.9 Å². The monoisotopic (exact) mass is 851 g/mol. The largest absolute Gasteiger partial charge is 0.465 e. The van der Waals surface area contributed by atoms with Crippen LogP contribution < -0.4 is 5.32 Å². The molecule has 0 radical (unpaired) electrons. The van der Waals surface area contributed by atoms with Crippen molar-refractivity contribution in [3.63, 3.8) is 0 Å². The van der Waals surface area contributed by atoms with Gasteiger partial charge in [-0.2, -0.15) is 0 Å². The van der Waals surface area contributed by atoms with Gasteiger partial charge in [0, 0.05) is 37.9 Å². The van der Waals surface area contributed by atoms with Crippen LogP contribution in [0, 0.1) is 23.2 Å². The first-order valence-corrected chi connectivity index (χ1v) is 22.0. The molecule has 4 amide bonds. The molecule has 0 aliphatic carbocycles. The number of aromatic nitrogens is 4. The number of nitrogens with one attached hydrogen (secondary N) is 3. The van der Waals surface area contributed by atoms with Crippen LogP contribution in [0.3, 0.4) is 0 Å². The Kier molecular flexibility index (Phi) is 13.6. The Morgan fingerprint density at radius 1 is 0.790 bits per heavy atom. The van der Waals surface area contributed by atoms with Crippen molar-refractivity contribution in [2.75, 3.05) is 20.1 Å². The van der Waals surface area contributed by atoms with Crippen molar-refractivity contribution in [1.29, 1.82) is 0 Å². The molecule has 62 heavy (non-hydrogen) atoms. The lowest BCUT2D eigenvalue weighted by atomic mass is 9.73. The van der Waals surface area contributed by atoms with Crippen molar-refractivity contribution < 1.29 is 29.0 Å². The van der Waals surface area contributed by atoms with Crippen LogP contribution in [0.15, 0.2) is 60.9 Å². The summed E-state index contributed by atoms with van der Waals surface area (Å²) in [6, 6.07) is 14.9. The van der Waals surface area contributed by atoms with Crippen LogP contribution in [0.2, 0.25) is 0 Å². The summed E-state index contributed by atoms with van der Waals surface area (Å²) in [6.45, 7) is 20.4. The fourth-order valence-corrected chi connectivity index (χ4v) is 9.11. The van der Waals surface area contributed by atoms with Gasteiger partial charge in [-0.25, -0.2) is 19.6 Å². The number of carbonyl (C=O) groups excluding carboxylic acids is 3. The van der Waals surface area contributed by atoms with Crippen molar-refractivity contribution in [2.45, 2.75) is 125 Å². The maximum absolute atomic E-state index is 14.2. The third kappa shape index (κ3) is 10.2. The molecule has 0 saturated carbocycles. The number of likely N-dealkylation sites (N-methyl/N-ethyl adjacent to an activating group) is 1. The second-order valence-corrected chi connectivity index (χ2v) is 19.7. The lowest BCUT2D eigenvalue weighted by Gasteiger charge is -2.40. The van der Waals surface area contributed by atoms with Gasteiger partial charge in [0.05, 0.1) is 35.6 Å². The third-order valence-electron chi connectivity index (χ3n) is 12.2. The zero-order valence-corrected chi connectivity index (χ0v) is 38.3. The van der Waals surface area contributed by atoms with Gasteiger partial charge in [0.15, 0.2) is 0 Å². The van der Waals surface area contributed by atoms with Crippen LogP contribution in [0.1, 0.15) is 119 Å². The number of nitrogens with zero attached hydrogens (tertiary/aromatic N) is 5. The van der Waals surface area contributed by atoms with Gasteiger partial charge in [-0.3, -0.25) is 14.5 Å². The Hall–Kier alpha value is -5.66. The van der Waals surface area contributed by atoms with Crippen LogP contribution in [0.25, 0.3) is 33.6 Å². The number of carbonyl (C=O) groups is 4. The minimum atomic E-state index is -1.13. The highest BCUT2D eigenvalue weighted by molar-refractivity contribution is 5.86. The number of likely N-dealkylation sites (tertiary alicyclic amines) is 2. The predicted octanol–water partition coefficient (Wildman–Crippen LogP) is 9.31. The quantitative estimate of drug-likeness (QED) is 0.109. The first-order valence-electron chi connectivity index (χ1n) is 22.0. The summed E-state index contributed by atoms with van der Waals surface area (Å²) >= 11 is 0. The van der Waals surface area contributed by atoms with Gasteiger partial charge in [0.2, 0.25) is 11.8 Å². The van der Waals surface area contributed by atoms with E-state index in [4.69, 9.17) is 14.7 Å². The molecular formula is C48H66N8O6. The summed E-state index contributed by atoms with van der Waals surface area (Å²) < 4.78 is 5.59. The number of ether oxygens (including phenoxy) is 1. The van der Waals surface area contributed by atoms with Gasteiger partial charge in [0.1, 0.15) is 23.3 Å². The van der Waals surface area contributed by atoms with Crippen LogP contribution in [-0.4, -0.2) is 102 Å². The zero-order valence-electron chi connectivity index (χ0n) is 38.3. The summed E-state index contributed by atoms with van der Waals surface area (Å²) in [5.41, 5.74) is 4.53. The summed E-state index contributed by atoms with van der Waals surface area (Å²) in [6.07, 6.45) is 5.28. The van der Waals surface area contributed by atoms with Gasteiger partial charge in [0.25, 0.3) is 0 Å². The normalized spacial score (nSPS) is 18.5. The van der Waals surface area contributed by atoms with E-state index in [2.05, 4.69) is 51.7 Å². The first-order chi connectivity index (χ1) is 29.1. The molecule has 5 atom stereocenters. The van der Waals surface area contributed by atoms with Crippen molar-refractivity contribution in [3.8, 4) is 33.6 Å². The van der Waals surface area contributed by atoms with E-state index in [-0.39, 0.29) is 35.7 Å². The number of imidazole rings is 2. The van der Waals surface area contributed by atoms with Crippen LogP contribution in [0.5, 0.6) is 0 Å². The molecule has 2 aliphatic rings. The number of carboxylic acid groups (broad SMARTS) is 1. The number of hydrogen-bond donors (Lipinski definition) is 4. The van der Waals surface area contributed by atoms with E-state index >= 15 is 0 Å². The highest BCUT2D eigenvalue weighted by Gasteiger charge is 2.45. The van der Waals surface area contributed by atoms with Crippen LogP contribution in [-0.2, 0) is 14.3 Å². The molecule has 2 aromatic heterocycles. The number of hydrogen-bond acceptors (Lipinski definition) is 7. The molecule has 0 spiro atoms. The highest BCUT2D eigenvalue weighted by Crippen LogP contribution is 2.38. The fraction of sp³-hybridized carbons (Fsp3) is 0.542. The molecule has 2 aliphatic heterocycles. The Morgan fingerprint density at radius 2 is 1.32 bits per heavy atom. The van der Waals surface area contributed by atoms with E-state index < -0.39 is 41.2 Å². The van der Waals surface area contributed by atoms with Crippen molar-refractivity contribution in [1.82, 2.24) is 40.0 Å². The minimum absolute atomic E-state index is 0.0501. The zero-order chi connectivity index (χ0) is 45.3. The highest BCUT2D eigenvalue weighted by atomic mass is 16.6. The lowest BCUT2D eigenvalue weighted by Crippen LogP contribution is -2.55. The molecule has 14 nitrogen and oxygen atoms in total. The Balaban J connectivity index is 1.12. The van der Waals surface area contributed by atoms with E-state index in [1.54, 1.807) is 7.05 Å². The van der Waals surface area contributed by atoms with Crippen LogP contribution in [0.4, 0.5) is 9.59 Å². The standard InChI is InChI=1S/C48H66N8O6/c1-28(2)38(40(47(5,6)7)53-45(59)60)43(57)55-24-12-14-36(55)41-49-26-34(51-41)32-20-16-30(17-21-32)31-18-22-33(23-19-31)35-27-50-42(52-35)37-15-13-25-56(37)44(58)39(29(3)4)54(11)46(61)62-48(8,9)10/h16-23,26-29,36-40,53H,12-15,24-25H2,1-11H3,(H,49,51)(H,50,52)(H,59,60)/t36-,37-,38-,39-,40?/m0/s1. The average Bonchev–Trinajstić information content (AvgIpc) is 4.03. The number of H-pyrrole nitrogens is 2. The fourth-order valence-electron chi connectivity index (χ4n) is 9.11. The third-order valence-corrected chi connectivity index (χ3v) is 12.2. The molecule has 4 aromatic rings. The Morgan fingerprint density at radius 3 is 1.84 bits per heavy atom. The first kappa shape index (κ1) is 45.9. The maximum atomic E-state index is 14.2. The lowest BCUT2D eigenvalue weighted by molar-refractivity contribution is -0.140. The molecular weight excluding hydrogens is 785 g/mol. The number of rotatable bonds is 12.